The maximum absolute atomic E-state index is 12.4. The van der Waals surface area contributed by atoms with Gasteiger partial charge < -0.3 is 0 Å². The fourth-order valence-electron chi connectivity index (χ4n) is 1.20. The minimum absolute atomic E-state index is 0.175. The number of Topliss-reactive ketones (excluding diaryl/α,β-unsaturated/α-hetero) is 1. The van der Waals surface area contributed by atoms with Crippen LogP contribution in [0.1, 0.15) is 22.8 Å². The van der Waals surface area contributed by atoms with E-state index in [1.54, 1.807) is 0 Å². The molecule has 0 saturated heterocycles. The van der Waals surface area contributed by atoms with E-state index >= 15 is 0 Å². The fourth-order valence-corrected chi connectivity index (χ4v) is 1.20. The van der Waals surface area contributed by atoms with Crippen LogP contribution in [0, 0.1) is 5.41 Å². The van der Waals surface area contributed by atoms with E-state index in [0.717, 1.165) is 6.07 Å². The normalized spacial score (nSPS) is 10.8. The summed E-state index contributed by atoms with van der Waals surface area (Å²) in [4.78, 5) is 11.0. The molecule has 0 atom stereocenters. The Morgan fingerprint density at radius 3 is 2.31 bits per heavy atom. The zero-order valence-electron chi connectivity index (χ0n) is 8.35. The van der Waals surface area contributed by atoms with E-state index in [1.165, 1.54) is 31.0 Å². The second kappa shape index (κ2) is 4.33. The molecule has 0 saturated carbocycles. The van der Waals surface area contributed by atoms with Crippen LogP contribution in [0.25, 0.3) is 5.57 Å². The summed E-state index contributed by atoms with van der Waals surface area (Å²) in [6.45, 7) is 1.26. The Hall–Kier alpha value is -1.87. The second-order valence-electron chi connectivity index (χ2n) is 3.13. The van der Waals surface area contributed by atoms with Crippen LogP contribution >= 0.6 is 0 Å². The Morgan fingerprint density at radius 1 is 1.31 bits per heavy atom. The van der Waals surface area contributed by atoms with Crippen molar-refractivity contribution in [1.82, 2.24) is 0 Å². The van der Waals surface area contributed by atoms with Crippen molar-refractivity contribution in [3.05, 3.63) is 35.4 Å². The van der Waals surface area contributed by atoms with Gasteiger partial charge >= 0.3 is 6.18 Å². The van der Waals surface area contributed by atoms with Crippen molar-refractivity contribution in [1.29, 1.82) is 5.41 Å². The molecule has 0 aliphatic carbocycles. The molecule has 0 aliphatic rings. The number of nitrogens with one attached hydrogen (secondary N) is 1. The summed E-state index contributed by atoms with van der Waals surface area (Å²) in [5.41, 5.74) is -1.24. The molecule has 1 aromatic carbocycles. The molecule has 84 valence electrons. The molecule has 1 aromatic rings. The van der Waals surface area contributed by atoms with Gasteiger partial charge in [0.25, 0.3) is 0 Å². The lowest BCUT2D eigenvalue weighted by molar-refractivity contribution is -0.0679. The molecule has 2 nitrogen and oxygen atoms in total. The zero-order valence-corrected chi connectivity index (χ0v) is 8.35. The molecule has 0 spiro atoms. The summed E-state index contributed by atoms with van der Waals surface area (Å²) in [7, 11) is 0. The van der Waals surface area contributed by atoms with Crippen LogP contribution in [-0.4, -0.2) is 17.8 Å². The Balaban J connectivity index is 3.29. The standard InChI is InChI=1S/C11H8F3NO/c1-7(16)8-3-2-4-9(5-8)10(6-15)11(12,13)14/h2-5,15H,1H3. The van der Waals surface area contributed by atoms with Gasteiger partial charge in [-0.15, -0.1) is 0 Å². The van der Waals surface area contributed by atoms with Gasteiger partial charge in [0.05, 0.1) is 0 Å². The van der Waals surface area contributed by atoms with E-state index in [9.17, 15) is 18.0 Å². The van der Waals surface area contributed by atoms with Gasteiger partial charge in [-0.1, -0.05) is 18.2 Å². The minimum atomic E-state index is -4.64. The number of carbonyl (C=O) groups excluding carboxylic acids is 1. The van der Waals surface area contributed by atoms with Gasteiger partial charge in [0.1, 0.15) is 5.57 Å². The monoisotopic (exact) mass is 227 g/mol. The highest BCUT2D eigenvalue weighted by atomic mass is 19.4. The molecule has 16 heavy (non-hydrogen) atoms. The molecule has 0 aromatic heterocycles. The number of hydrogen-bond acceptors (Lipinski definition) is 2. The van der Waals surface area contributed by atoms with E-state index in [0.29, 0.717) is 0 Å². The van der Waals surface area contributed by atoms with Crippen molar-refractivity contribution in [2.75, 3.05) is 0 Å². The third-order valence-corrected chi connectivity index (χ3v) is 1.97. The third kappa shape index (κ3) is 2.58. The van der Waals surface area contributed by atoms with Crippen LogP contribution < -0.4 is 0 Å². The van der Waals surface area contributed by atoms with E-state index in [2.05, 4.69) is 0 Å². The number of alkyl halides is 3. The Bertz CT molecular complexity index is 470. The topological polar surface area (TPSA) is 40.9 Å². The summed E-state index contributed by atoms with van der Waals surface area (Å²) >= 11 is 0. The van der Waals surface area contributed by atoms with E-state index in [1.807, 2.05) is 0 Å². The molecule has 0 heterocycles. The minimum Gasteiger partial charge on any atom is -0.295 e. The summed E-state index contributed by atoms with van der Waals surface area (Å²) in [5.74, 6) is 1.03. The number of rotatable bonds is 2. The summed E-state index contributed by atoms with van der Waals surface area (Å²) in [6, 6.07) is 5.06. The van der Waals surface area contributed by atoms with Gasteiger partial charge in [0, 0.05) is 5.56 Å². The van der Waals surface area contributed by atoms with Gasteiger partial charge in [-0.25, -0.2) is 0 Å². The van der Waals surface area contributed by atoms with Crippen LogP contribution in [0.2, 0.25) is 0 Å². The molecule has 1 rings (SSSR count). The molecular weight excluding hydrogens is 219 g/mol. The van der Waals surface area contributed by atoms with Gasteiger partial charge in [-0.2, -0.15) is 13.2 Å². The maximum Gasteiger partial charge on any atom is 0.425 e. The van der Waals surface area contributed by atoms with Crippen LogP contribution in [-0.2, 0) is 0 Å². The fraction of sp³-hybridized carbons (Fsp3) is 0.182. The number of benzene rings is 1. The Morgan fingerprint density at radius 2 is 1.88 bits per heavy atom. The lowest BCUT2D eigenvalue weighted by Crippen LogP contribution is -2.11. The quantitative estimate of drug-likeness (QED) is 0.612. The highest BCUT2D eigenvalue weighted by Crippen LogP contribution is 2.31. The maximum atomic E-state index is 12.4. The summed E-state index contributed by atoms with van der Waals surface area (Å²) < 4.78 is 37.3. The first-order chi connectivity index (χ1) is 7.36. The number of allylic oxidation sites excluding steroid dienone is 1. The molecule has 0 radical (unpaired) electrons. The SMILES string of the molecule is CC(=O)c1cccc(C(=C=N)C(F)(F)F)c1. The van der Waals surface area contributed by atoms with Crippen LogP contribution in [0.5, 0.6) is 0 Å². The molecule has 0 unspecified atom stereocenters. The molecule has 1 N–H and O–H groups in total. The average Bonchev–Trinajstić information content (AvgIpc) is 2.17. The van der Waals surface area contributed by atoms with Crippen molar-refractivity contribution >= 4 is 17.2 Å². The molecular formula is C11H8F3NO. The van der Waals surface area contributed by atoms with Gasteiger partial charge in [0.15, 0.2) is 5.78 Å². The average molecular weight is 227 g/mol. The molecule has 0 bridgehead atoms. The molecule has 5 heteroatoms. The summed E-state index contributed by atoms with van der Waals surface area (Å²) in [6.07, 6.45) is -4.64. The first kappa shape index (κ1) is 12.2. The van der Waals surface area contributed by atoms with Gasteiger partial charge in [0.2, 0.25) is 0 Å². The lowest BCUT2D eigenvalue weighted by Gasteiger charge is -2.09. The highest BCUT2D eigenvalue weighted by molar-refractivity contribution is 5.97. The van der Waals surface area contributed by atoms with Gasteiger partial charge in [-0.05, 0) is 24.4 Å². The predicted octanol–water partition coefficient (Wildman–Crippen LogP) is 3.08. The lowest BCUT2D eigenvalue weighted by atomic mass is 10.0. The largest absolute Gasteiger partial charge is 0.425 e. The number of ketones is 1. The van der Waals surface area contributed by atoms with Crippen molar-refractivity contribution in [3.63, 3.8) is 0 Å². The third-order valence-electron chi connectivity index (χ3n) is 1.97. The molecule has 0 fully saturated rings. The van der Waals surface area contributed by atoms with Crippen LogP contribution in [0.15, 0.2) is 24.3 Å². The van der Waals surface area contributed by atoms with E-state index < -0.39 is 11.7 Å². The van der Waals surface area contributed by atoms with Crippen molar-refractivity contribution in [3.8, 4) is 0 Å². The summed E-state index contributed by atoms with van der Waals surface area (Å²) in [5, 5.41) is 6.64. The van der Waals surface area contributed by atoms with Crippen molar-refractivity contribution in [2.24, 2.45) is 0 Å². The number of carbonyl (C=O) groups is 1. The predicted molar refractivity (Wildman–Crippen MR) is 53.6 cm³/mol. The Kier molecular flexibility index (Phi) is 3.30. The highest BCUT2D eigenvalue weighted by Gasteiger charge is 2.35. The second-order valence-corrected chi connectivity index (χ2v) is 3.13. The molecule has 0 amide bonds. The van der Waals surface area contributed by atoms with Crippen molar-refractivity contribution < 1.29 is 18.0 Å². The van der Waals surface area contributed by atoms with Gasteiger partial charge in [-0.3, -0.25) is 10.2 Å². The van der Waals surface area contributed by atoms with Crippen LogP contribution in [0.3, 0.4) is 0 Å². The number of halogens is 3. The first-order valence-corrected chi connectivity index (χ1v) is 4.34. The smallest absolute Gasteiger partial charge is 0.295 e. The van der Waals surface area contributed by atoms with Crippen LogP contribution in [0.4, 0.5) is 13.2 Å². The zero-order chi connectivity index (χ0) is 12.3. The number of hydrogen-bond donors (Lipinski definition) is 1. The molecule has 0 aliphatic heterocycles. The van der Waals surface area contributed by atoms with E-state index in [-0.39, 0.29) is 16.9 Å². The first-order valence-electron chi connectivity index (χ1n) is 4.34. The van der Waals surface area contributed by atoms with Crippen molar-refractivity contribution in [2.45, 2.75) is 13.1 Å². The Labute approximate surface area is 89.9 Å². The van der Waals surface area contributed by atoms with E-state index in [4.69, 9.17) is 5.41 Å².